The SMILES string of the molecule is C=C(C)C(=O)OCC(COC(=O)CCCCCCCCCCC)OP(=O)(O)OCC[N+](C)(C)C. The fourth-order valence-electron chi connectivity index (χ4n) is 2.89. The van der Waals surface area contributed by atoms with Crippen molar-refractivity contribution in [1.29, 1.82) is 0 Å². The summed E-state index contributed by atoms with van der Waals surface area (Å²) in [6.07, 6.45) is 9.34. The van der Waals surface area contributed by atoms with Crippen molar-refractivity contribution in [3.05, 3.63) is 12.2 Å². The lowest BCUT2D eigenvalue weighted by Gasteiger charge is -2.25. The first-order chi connectivity index (χ1) is 15.9. The van der Waals surface area contributed by atoms with Crippen molar-refractivity contribution in [2.45, 2.75) is 84.2 Å². The van der Waals surface area contributed by atoms with E-state index in [0.717, 1.165) is 19.3 Å². The molecule has 0 aromatic heterocycles. The number of ether oxygens (including phenoxy) is 2. The number of unbranched alkanes of at least 4 members (excludes halogenated alkanes) is 8. The van der Waals surface area contributed by atoms with E-state index in [1.165, 1.54) is 45.4 Å². The van der Waals surface area contributed by atoms with Crippen LogP contribution in [-0.2, 0) is 32.7 Å². The van der Waals surface area contributed by atoms with E-state index in [-0.39, 0.29) is 31.8 Å². The second-order valence-electron chi connectivity index (χ2n) is 9.68. The van der Waals surface area contributed by atoms with Gasteiger partial charge in [0.05, 0.1) is 21.1 Å². The van der Waals surface area contributed by atoms with Gasteiger partial charge in [0.1, 0.15) is 32.5 Å². The van der Waals surface area contributed by atoms with Crippen LogP contribution in [-0.4, -0.2) is 74.9 Å². The minimum absolute atomic E-state index is 0.00601. The summed E-state index contributed by atoms with van der Waals surface area (Å²) in [5, 5.41) is 0. The molecule has 0 bridgehead atoms. The van der Waals surface area contributed by atoms with E-state index < -0.39 is 25.9 Å². The number of phosphoric ester groups is 1. The summed E-state index contributed by atoms with van der Waals surface area (Å²) in [4.78, 5) is 33.8. The zero-order valence-corrected chi connectivity index (χ0v) is 22.8. The molecule has 0 rings (SSSR count). The predicted octanol–water partition coefficient (Wildman–Crippen LogP) is 4.78. The topological polar surface area (TPSA) is 108 Å². The molecule has 34 heavy (non-hydrogen) atoms. The first kappa shape index (κ1) is 32.8. The van der Waals surface area contributed by atoms with E-state index in [2.05, 4.69) is 13.5 Å². The van der Waals surface area contributed by atoms with Crippen molar-refractivity contribution in [3.63, 3.8) is 0 Å². The van der Waals surface area contributed by atoms with Gasteiger partial charge in [-0.1, -0.05) is 64.9 Å². The van der Waals surface area contributed by atoms with Crippen LogP contribution in [0.5, 0.6) is 0 Å². The third kappa shape index (κ3) is 20.2. The third-order valence-corrected chi connectivity index (χ3v) is 6.04. The van der Waals surface area contributed by atoms with Crippen molar-refractivity contribution in [1.82, 2.24) is 0 Å². The largest absolute Gasteiger partial charge is 0.472 e. The van der Waals surface area contributed by atoms with E-state index >= 15 is 0 Å². The first-order valence-corrected chi connectivity index (χ1v) is 13.8. The van der Waals surface area contributed by atoms with Crippen molar-refractivity contribution in [3.8, 4) is 0 Å². The molecule has 0 fully saturated rings. The Balaban J connectivity index is 4.45. The summed E-state index contributed by atoms with van der Waals surface area (Å²) in [5.74, 6) is -1.10. The van der Waals surface area contributed by atoms with Gasteiger partial charge in [0, 0.05) is 12.0 Å². The van der Waals surface area contributed by atoms with Crippen LogP contribution < -0.4 is 0 Å². The molecule has 0 aromatic carbocycles. The van der Waals surface area contributed by atoms with Crippen molar-refractivity contribution >= 4 is 19.8 Å². The third-order valence-electron chi connectivity index (χ3n) is 4.96. The van der Waals surface area contributed by atoms with E-state index in [1.54, 1.807) is 0 Å². The Labute approximate surface area is 206 Å². The molecule has 0 saturated carbocycles. The lowest BCUT2D eigenvalue weighted by molar-refractivity contribution is -0.870. The van der Waals surface area contributed by atoms with Gasteiger partial charge in [-0.2, -0.15) is 0 Å². The molecular formula is C24H47NO8P+. The minimum atomic E-state index is -4.44. The number of nitrogens with zero attached hydrogens (tertiary/aromatic N) is 1. The van der Waals surface area contributed by atoms with Gasteiger partial charge in [-0.3, -0.25) is 13.8 Å². The Morgan fingerprint density at radius 2 is 1.47 bits per heavy atom. The van der Waals surface area contributed by atoms with Crippen LogP contribution in [0.15, 0.2) is 12.2 Å². The fourth-order valence-corrected chi connectivity index (χ4v) is 3.76. The van der Waals surface area contributed by atoms with Crippen LogP contribution in [0.3, 0.4) is 0 Å². The van der Waals surface area contributed by atoms with Gasteiger partial charge < -0.3 is 18.9 Å². The molecule has 0 aliphatic carbocycles. The molecule has 0 aliphatic rings. The van der Waals surface area contributed by atoms with Crippen molar-refractivity contribution in [2.24, 2.45) is 0 Å². The Bertz CT molecular complexity index is 647. The molecule has 2 atom stereocenters. The van der Waals surface area contributed by atoms with Gasteiger partial charge in [0.15, 0.2) is 0 Å². The van der Waals surface area contributed by atoms with Crippen LogP contribution in [0, 0.1) is 0 Å². The first-order valence-electron chi connectivity index (χ1n) is 12.3. The van der Waals surface area contributed by atoms with Crippen LogP contribution in [0.1, 0.15) is 78.1 Å². The van der Waals surface area contributed by atoms with Crippen LogP contribution in [0.25, 0.3) is 0 Å². The highest BCUT2D eigenvalue weighted by atomic mass is 31.2. The van der Waals surface area contributed by atoms with Crippen molar-refractivity contribution in [2.75, 3.05) is 47.5 Å². The number of carbonyl (C=O) groups is 2. The summed E-state index contributed by atoms with van der Waals surface area (Å²) in [6, 6.07) is 0. The van der Waals surface area contributed by atoms with Gasteiger partial charge in [-0.25, -0.2) is 9.36 Å². The van der Waals surface area contributed by atoms with Gasteiger partial charge in [-0.05, 0) is 13.3 Å². The smallest absolute Gasteiger partial charge is 0.463 e. The van der Waals surface area contributed by atoms with Gasteiger partial charge in [0.25, 0.3) is 0 Å². The van der Waals surface area contributed by atoms with Crippen molar-refractivity contribution < 1.29 is 42.1 Å². The summed E-state index contributed by atoms with van der Waals surface area (Å²) in [7, 11) is 1.31. The number of hydrogen-bond acceptors (Lipinski definition) is 7. The summed E-state index contributed by atoms with van der Waals surface area (Å²) in [6.45, 7) is 6.94. The van der Waals surface area contributed by atoms with E-state index in [1.807, 2.05) is 21.1 Å². The van der Waals surface area contributed by atoms with Crippen LogP contribution >= 0.6 is 7.82 Å². The zero-order valence-electron chi connectivity index (χ0n) is 21.9. The molecule has 0 aliphatic heterocycles. The normalized spacial score (nSPS) is 14.3. The van der Waals surface area contributed by atoms with E-state index in [0.29, 0.717) is 11.0 Å². The molecule has 0 aromatic rings. The standard InChI is InChI=1S/C24H46NO8P/c1-7-8-9-10-11-12-13-14-15-16-23(26)30-19-22(20-31-24(27)21(2)3)33-34(28,29)32-18-17-25(4,5)6/h22H,2,7-20H2,1,3-6H3/p+1. The molecule has 0 radical (unpaired) electrons. The lowest BCUT2D eigenvalue weighted by atomic mass is 10.1. The molecule has 0 amide bonds. The maximum Gasteiger partial charge on any atom is 0.472 e. The molecule has 0 saturated heterocycles. The number of carbonyl (C=O) groups excluding carboxylic acids is 2. The molecular weight excluding hydrogens is 461 g/mol. The maximum absolute atomic E-state index is 12.3. The molecule has 0 spiro atoms. The summed E-state index contributed by atoms with van der Waals surface area (Å²) >= 11 is 0. The molecule has 1 N–H and O–H groups in total. The highest BCUT2D eigenvalue weighted by Gasteiger charge is 2.29. The number of rotatable bonds is 21. The van der Waals surface area contributed by atoms with Gasteiger partial charge in [-0.15, -0.1) is 0 Å². The fraction of sp³-hybridized carbons (Fsp3) is 0.833. The number of likely N-dealkylation sites (N-methyl/N-ethyl adjacent to an activating group) is 1. The highest BCUT2D eigenvalue weighted by molar-refractivity contribution is 7.47. The van der Waals surface area contributed by atoms with Gasteiger partial charge >= 0.3 is 19.8 Å². The lowest BCUT2D eigenvalue weighted by Crippen LogP contribution is -2.37. The summed E-state index contributed by atoms with van der Waals surface area (Å²) < 4.78 is 33.2. The number of phosphoric acid groups is 1. The highest BCUT2D eigenvalue weighted by Crippen LogP contribution is 2.44. The maximum atomic E-state index is 12.3. The molecule has 2 unspecified atom stereocenters. The second kappa shape index (κ2) is 18.1. The van der Waals surface area contributed by atoms with E-state index in [4.69, 9.17) is 18.5 Å². The monoisotopic (exact) mass is 508 g/mol. The predicted molar refractivity (Wildman–Crippen MR) is 132 cm³/mol. The molecule has 10 heteroatoms. The Hall–Kier alpha value is -1.25. The van der Waals surface area contributed by atoms with Gasteiger partial charge in [0.2, 0.25) is 0 Å². The van der Waals surface area contributed by atoms with Crippen LogP contribution in [0.4, 0.5) is 0 Å². The number of hydrogen-bond donors (Lipinski definition) is 1. The Kier molecular flexibility index (Phi) is 17.4. The second-order valence-corrected chi connectivity index (χ2v) is 11.1. The quantitative estimate of drug-likeness (QED) is 0.0776. The Morgan fingerprint density at radius 3 is 2.00 bits per heavy atom. The average molecular weight is 509 g/mol. The molecule has 9 nitrogen and oxygen atoms in total. The van der Waals surface area contributed by atoms with Crippen LogP contribution in [0.2, 0.25) is 0 Å². The number of esters is 2. The molecule has 0 heterocycles. The average Bonchev–Trinajstić information content (AvgIpc) is 2.72. The Morgan fingerprint density at radius 1 is 0.941 bits per heavy atom. The zero-order chi connectivity index (χ0) is 26.0. The molecule has 200 valence electrons. The number of quaternary nitrogens is 1. The van der Waals surface area contributed by atoms with E-state index in [9.17, 15) is 19.0 Å². The minimum Gasteiger partial charge on any atom is -0.463 e. The summed E-state index contributed by atoms with van der Waals surface area (Å²) in [5.41, 5.74) is 0.174.